The van der Waals surface area contributed by atoms with Gasteiger partial charge in [0.1, 0.15) is 5.82 Å². The number of benzene rings is 1. The molecule has 0 saturated carbocycles. The van der Waals surface area contributed by atoms with Crippen LogP contribution in [0.5, 0.6) is 0 Å². The number of hydrogen-bond donors (Lipinski definition) is 0. The summed E-state index contributed by atoms with van der Waals surface area (Å²) in [5.74, 6) is -0.999. The molecule has 0 fully saturated rings. The minimum atomic E-state index is -4.61. The molecule has 0 aliphatic heterocycles. The molecule has 1 aromatic carbocycles. The highest BCUT2D eigenvalue weighted by molar-refractivity contribution is 6.67. The quantitative estimate of drug-likeness (QED) is 0.612. The number of halogens is 5. The first kappa shape index (κ1) is 14.5. The van der Waals surface area contributed by atoms with Crippen molar-refractivity contribution in [1.82, 2.24) is 4.98 Å². The maximum absolute atomic E-state index is 13.6. The maximum atomic E-state index is 13.6. The number of pyridine rings is 1. The van der Waals surface area contributed by atoms with Crippen LogP contribution in [0.3, 0.4) is 0 Å². The molecular weight excluding hydrogens is 298 g/mol. The van der Waals surface area contributed by atoms with Gasteiger partial charge >= 0.3 is 6.18 Å². The molecule has 104 valence electrons. The lowest BCUT2D eigenvalue weighted by Crippen LogP contribution is -2.08. The SMILES string of the molecule is O=C(Cl)c1ccc(-c2ncccc2C(F)(F)F)cc1F. The minimum Gasteiger partial charge on any atom is -0.275 e. The number of carbonyl (C=O) groups is 1. The lowest BCUT2D eigenvalue weighted by atomic mass is 10.0. The van der Waals surface area contributed by atoms with Gasteiger partial charge in [0, 0.05) is 11.8 Å². The van der Waals surface area contributed by atoms with E-state index in [-0.39, 0.29) is 5.56 Å². The average Bonchev–Trinajstić information content (AvgIpc) is 2.37. The average molecular weight is 304 g/mol. The van der Waals surface area contributed by atoms with Gasteiger partial charge in [0.05, 0.1) is 16.8 Å². The second-order valence-corrected chi connectivity index (χ2v) is 4.21. The molecule has 0 N–H and O–H groups in total. The molecule has 1 aromatic heterocycles. The number of alkyl halides is 3. The third-order valence-electron chi connectivity index (χ3n) is 2.57. The fourth-order valence-corrected chi connectivity index (χ4v) is 1.84. The van der Waals surface area contributed by atoms with E-state index in [2.05, 4.69) is 4.98 Å². The molecule has 0 radical (unpaired) electrons. The van der Waals surface area contributed by atoms with Crippen LogP contribution in [0.1, 0.15) is 15.9 Å². The van der Waals surface area contributed by atoms with Crippen molar-refractivity contribution < 1.29 is 22.4 Å². The summed E-state index contributed by atoms with van der Waals surface area (Å²) >= 11 is 5.14. The Bertz CT molecular complexity index is 670. The van der Waals surface area contributed by atoms with Crippen molar-refractivity contribution in [2.24, 2.45) is 0 Å². The Morgan fingerprint density at radius 1 is 1.20 bits per heavy atom. The molecule has 20 heavy (non-hydrogen) atoms. The van der Waals surface area contributed by atoms with E-state index in [1.807, 2.05) is 0 Å². The zero-order valence-corrected chi connectivity index (χ0v) is 10.5. The number of hydrogen-bond acceptors (Lipinski definition) is 2. The van der Waals surface area contributed by atoms with Crippen LogP contribution in [0.2, 0.25) is 0 Å². The molecule has 2 nitrogen and oxygen atoms in total. The summed E-state index contributed by atoms with van der Waals surface area (Å²) in [5.41, 5.74) is -1.88. The highest BCUT2D eigenvalue weighted by Gasteiger charge is 2.34. The van der Waals surface area contributed by atoms with Crippen LogP contribution in [-0.4, -0.2) is 10.2 Å². The number of rotatable bonds is 2. The molecule has 0 atom stereocenters. The third-order valence-corrected chi connectivity index (χ3v) is 2.77. The molecule has 0 unspecified atom stereocenters. The van der Waals surface area contributed by atoms with Crippen molar-refractivity contribution in [3.63, 3.8) is 0 Å². The molecule has 0 aliphatic rings. The van der Waals surface area contributed by atoms with Gasteiger partial charge in [0.15, 0.2) is 0 Å². The molecule has 0 amide bonds. The van der Waals surface area contributed by atoms with E-state index >= 15 is 0 Å². The Labute approximate surface area is 116 Å². The maximum Gasteiger partial charge on any atom is 0.418 e. The predicted molar refractivity (Wildman–Crippen MR) is 64.8 cm³/mol. The summed E-state index contributed by atoms with van der Waals surface area (Å²) in [5, 5.41) is -1.02. The van der Waals surface area contributed by atoms with Crippen LogP contribution in [0.25, 0.3) is 11.3 Å². The number of carbonyl (C=O) groups excluding carboxylic acids is 1. The molecular formula is C13H6ClF4NO. The Hall–Kier alpha value is -1.95. The van der Waals surface area contributed by atoms with Crippen molar-refractivity contribution in [2.75, 3.05) is 0 Å². The van der Waals surface area contributed by atoms with E-state index in [1.54, 1.807) is 0 Å². The smallest absolute Gasteiger partial charge is 0.275 e. The number of aromatic nitrogens is 1. The zero-order valence-electron chi connectivity index (χ0n) is 9.71. The molecule has 0 aliphatic carbocycles. The highest BCUT2D eigenvalue weighted by Crippen LogP contribution is 2.36. The van der Waals surface area contributed by atoms with Gasteiger partial charge in [-0.1, -0.05) is 6.07 Å². The summed E-state index contributed by atoms with van der Waals surface area (Å²) in [6.07, 6.45) is -3.44. The third kappa shape index (κ3) is 2.80. The van der Waals surface area contributed by atoms with E-state index in [0.717, 1.165) is 30.3 Å². The fourth-order valence-electron chi connectivity index (χ4n) is 1.69. The Morgan fingerprint density at radius 2 is 1.90 bits per heavy atom. The van der Waals surface area contributed by atoms with E-state index in [9.17, 15) is 22.4 Å². The molecule has 1 heterocycles. The van der Waals surface area contributed by atoms with Gasteiger partial charge in [-0.15, -0.1) is 0 Å². The van der Waals surface area contributed by atoms with Gasteiger partial charge in [-0.3, -0.25) is 9.78 Å². The molecule has 2 aromatic rings. The largest absolute Gasteiger partial charge is 0.418 e. The first-order chi connectivity index (χ1) is 9.30. The summed E-state index contributed by atoms with van der Waals surface area (Å²) < 4.78 is 52.1. The molecule has 0 spiro atoms. The van der Waals surface area contributed by atoms with Crippen LogP contribution < -0.4 is 0 Å². The monoisotopic (exact) mass is 303 g/mol. The minimum absolute atomic E-state index is 0.0860. The van der Waals surface area contributed by atoms with Crippen LogP contribution in [0.15, 0.2) is 36.5 Å². The van der Waals surface area contributed by atoms with Crippen LogP contribution >= 0.6 is 11.6 Å². The second-order valence-electron chi connectivity index (χ2n) is 3.87. The van der Waals surface area contributed by atoms with Gasteiger partial charge in [-0.05, 0) is 35.9 Å². The Kier molecular flexibility index (Phi) is 3.76. The first-order valence-corrected chi connectivity index (χ1v) is 5.70. The lowest BCUT2D eigenvalue weighted by molar-refractivity contribution is -0.137. The summed E-state index contributed by atoms with van der Waals surface area (Å²) in [4.78, 5) is 14.5. The highest BCUT2D eigenvalue weighted by atomic mass is 35.5. The lowest BCUT2D eigenvalue weighted by Gasteiger charge is -2.12. The summed E-state index contributed by atoms with van der Waals surface area (Å²) in [6.45, 7) is 0. The fraction of sp³-hybridized carbons (Fsp3) is 0.0769. The van der Waals surface area contributed by atoms with Crippen molar-refractivity contribution in [1.29, 1.82) is 0 Å². The van der Waals surface area contributed by atoms with Crippen molar-refractivity contribution in [2.45, 2.75) is 6.18 Å². The standard InChI is InChI=1S/C13H6ClF4NO/c14-12(20)8-4-3-7(6-10(8)15)11-9(13(16,17)18)2-1-5-19-11/h1-6H. The van der Waals surface area contributed by atoms with Gasteiger partial charge in [-0.2, -0.15) is 13.2 Å². The topological polar surface area (TPSA) is 30.0 Å². The van der Waals surface area contributed by atoms with E-state index in [4.69, 9.17) is 11.6 Å². The zero-order chi connectivity index (χ0) is 14.9. The van der Waals surface area contributed by atoms with Crippen LogP contribution in [0, 0.1) is 5.82 Å². The summed E-state index contributed by atoms with van der Waals surface area (Å²) in [6, 6.07) is 4.97. The van der Waals surface area contributed by atoms with Gasteiger partial charge in [0.25, 0.3) is 5.24 Å². The first-order valence-electron chi connectivity index (χ1n) is 5.32. The van der Waals surface area contributed by atoms with Crippen molar-refractivity contribution >= 4 is 16.8 Å². The molecule has 0 bridgehead atoms. The van der Waals surface area contributed by atoms with Gasteiger partial charge in [-0.25, -0.2) is 4.39 Å². The molecule has 0 saturated heterocycles. The predicted octanol–water partition coefficient (Wildman–Crippen LogP) is 4.29. The van der Waals surface area contributed by atoms with E-state index in [0.29, 0.717) is 0 Å². The van der Waals surface area contributed by atoms with Crippen LogP contribution in [-0.2, 0) is 6.18 Å². The second kappa shape index (κ2) is 5.20. The summed E-state index contributed by atoms with van der Waals surface area (Å²) in [7, 11) is 0. The molecule has 7 heteroatoms. The van der Waals surface area contributed by atoms with Crippen molar-refractivity contribution in [3.8, 4) is 11.3 Å². The molecule has 2 rings (SSSR count). The van der Waals surface area contributed by atoms with E-state index < -0.39 is 34.1 Å². The number of nitrogens with zero attached hydrogens (tertiary/aromatic N) is 1. The van der Waals surface area contributed by atoms with Crippen LogP contribution in [0.4, 0.5) is 17.6 Å². The Balaban J connectivity index is 2.59. The van der Waals surface area contributed by atoms with Gasteiger partial charge in [0.2, 0.25) is 0 Å². The Morgan fingerprint density at radius 3 is 2.45 bits per heavy atom. The normalized spacial score (nSPS) is 11.4. The van der Waals surface area contributed by atoms with E-state index in [1.165, 1.54) is 6.20 Å². The van der Waals surface area contributed by atoms with Crippen molar-refractivity contribution in [3.05, 3.63) is 53.5 Å². The van der Waals surface area contributed by atoms with Gasteiger partial charge < -0.3 is 0 Å².